The van der Waals surface area contributed by atoms with E-state index in [1.54, 1.807) is 12.2 Å². The third-order valence-corrected chi connectivity index (χ3v) is 3.32. The van der Waals surface area contributed by atoms with Crippen LogP contribution in [0.3, 0.4) is 0 Å². The Morgan fingerprint density at radius 2 is 1.80 bits per heavy atom. The van der Waals surface area contributed by atoms with Crippen molar-refractivity contribution in [3.63, 3.8) is 0 Å². The standard InChI is InChI=1S/C11H16N2O2/c1-8-4-10(13-7-15)11(2,3)5-9(8)12-6-14/h8-10H,4-5H2,1-3H3. The minimum atomic E-state index is -0.102. The third kappa shape index (κ3) is 2.62. The van der Waals surface area contributed by atoms with E-state index >= 15 is 0 Å². The number of hydrogen-bond donors (Lipinski definition) is 0. The SMILES string of the molecule is CC1CC(N=C=O)C(C)(C)CC1N=C=O. The Morgan fingerprint density at radius 1 is 1.20 bits per heavy atom. The average molecular weight is 208 g/mol. The second-order valence-electron chi connectivity index (χ2n) is 4.93. The van der Waals surface area contributed by atoms with Gasteiger partial charge in [0, 0.05) is 0 Å². The van der Waals surface area contributed by atoms with E-state index in [9.17, 15) is 9.59 Å². The Labute approximate surface area is 89.5 Å². The van der Waals surface area contributed by atoms with Gasteiger partial charge in [-0.25, -0.2) is 19.6 Å². The molecule has 0 N–H and O–H groups in total. The van der Waals surface area contributed by atoms with E-state index in [0.717, 1.165) is 12.8 Å². The highest BCUT2D eigenvalue weighted by atomic mass is 16.1. The minimum Gasteiger partial charge on any atom is -0.211 e. The fourth-order valence-corrected chi connectivity index (χ4v) is 2.24. The largest absolute Gasteiger partial charge is 0.235 e. The summed E-state index contributed by atoms with van der Waals surface area (Å²) in [6, 6.07) is -0.00120. The molecule has 0 aliphatic heterocycles. The Hall–Kier alpha value is -1.24. The lowest BCUT2D eigenvalue weighted by molar-refractivity contribution is 0.143. The molecule has 0 aromatic heterocycles. The van der Waals surface area contributed by atoms with Crippen molar-refractivity contribution < 1.29 is 9.59 Å². The molecule has 15 heavy (non-hydrogen) atoms. The van der Waals surface area contributed by atoms with E-state index in [2.05, 4.69) is 9.98 Å². The van der Waals surface area contributed by atoms with Gasteiger partial charge in [-0.15, -0.1) is 0 Å². The second-order valence-corrected chi connectivity index (χ2v) is 4.93. The highest BCUT2D eigenvalue weighted by molar-refractivity contribution is 5.35. The molecule has 0 spiro atoms. The Kier molecular flexibility index (Phi) is 3.57. The number of carbonyl (C=O) groups excluding carboxylic acids is 2. The van der Waals surface area contributed by atoms with Crippen molar-refractivity contribution in [3.05, 3.63) is 0 Å². The summed E-state index contributed by atoms with van der Waals surface area (Å²) in [4.78, 5) is 28.2. The summed E-state index contributed by atoms with van der Waals surface area (Å²) in [6.07, 6.45) is 4.79. The lowest BCUT2D eigenvalue weighted by Gasteiger charge is -2.41. The first-order valence-electron chi connectivity index (χ1n) is 5.15. The first-order valence-corrected chi connectivity index (χ1v) is 5.15. The summed E-state index contributed by atoms with van der Waals surface area (Å²) < 4.78 is 0. The summed E-state index contributed by atoms with van der Waals surface area (Å²) in [5, 5.41) is 0. The molecule has 0 heterocycles. The highest BCUT2D eigenvalue weighted by Crippen LogP contribution is 2.41. The minimum absolute atomic E-state index is 0.00982. The molecule has 4 heteroatoms. The molecule has 4 nitrogen and oxygen atoms in total. The molecular formula is C11H16N2O2. The van der Waals surface area contributed by atoms with E-state index in [4.69, 9.17) is 0 Å². The molecule has 3 atom stereocenters. The number of isocyanates is 2. The quantitative estimate of drug-likeness (QED) is 0.513. The Bertz CT molecular complexity index is 325. The zero-order chi connectivity index (χ0) is 11.5. The molecule has 0 bridgehead atoms. The molecule has 3 unspecified atom stereocenters. The van der Waals surface area contributed by atoms with Crippen LogP contribution in [0, 0.1) is 11.3 Å². The predicted octanol–water partition coefficient (Wildman–Crippen LogP) is 1.85. The monoisotopic (exact) mass is 208 g/mol. The summed E-state index contributed by atoms with van der Waals surface area (Å²) in [5.74, 6) is 0.265. The van der Waals surface area contributed by atoms with Crippen LogP contribution in [-0.4, -0.2) is 24.2 Å². The molecular weight excluding hydrogens is 192 g/mol. The lowest BCUT2D eigenvalue weighted by Crippen LogP contribution is -2.41. The molecule has 1 rings (SSSR count). The molecule has 0 aromatic carbocycles. The van der Waals surface area contributed by atoms with Crippen LogP contribution in [0.1, 0.15) is 33.6 Å². The van der Waals surface area contributed by atoms with Gasteiger partial charge in [0.1, 0.15) is 0 Å². The first kappa shape index (κ1) is 11.8. The van der Waals surface area contributed by atoms with Gasteiger partial charge in [0.15, 0.2) is 0 Å². The highest BCUT2D eigenvalue weighted by Gasteiger charge is 2.40. The maximum absolute atomic E-state index is 10.3. The zero-order valence-corrected chi connectivity index (χ0v) is 9.36. The zero-order valence-electron chi connectivity index (χ0n) is 9.36. The van der Waals surface area contributed by atoms with Crippen molar-refractivity contribution >= 4 is 12.2 Å². The molecule has 82 valence electrons. The molecule has 1 aliphatic carbocycles. The van der Waals surface area contributed by atoms with Crippen molar-refractivity contribution in [3.8, 4) is 0 Å². The number of hydrogen-bond acceptors (Lipinski definition) is 4. The van der Waals surface area contributed by atoms with E-state index < -0.39 is 0 Å². The summed E-state index contributed by atoms with van der Waals surface area (Å²) in [6.45, 7) is 6.10. The van der Waals surface area contributed by atoms with E-state index in [0.29, 0.717) is 0 Å². The van der Waals surface area contributed by atoms with Crippen LogP contribution in [0.25, 0.3) is 0 Å². The van der Waals surface area contributed by atoms with Crippen molar-refractivity contribution in [1.29, 1.82) is 0 Å². The van der Waals surface area contributed by atoms with Gasteiger partial charge in [0.25, 0.3) is 0 Å². The lowest BCUT2D eigenvalue weighted by atomic mass is 9.68. The average Bonchev–Trinajstić information content (AvgIpc) is 2.14. The van der Waals surface area contributed by atoms with Gasteiger partial charge in [-0.05, 0) is 24.2 Å². The van der Waals surface area contributed by atoms with Gasteiger partial charge >= 0.3 is 0 Å². The van der Waals surface area contributed by atoms with Gasteiger partial charge in [-0.1, -0.05) is 20.8 Å². The van der Waals surface area contributed by atoms with Gasteiger partial charge in [0.05, 0.1) is 12.1 Å². The second kappa shape index (κ2) is 4.52. The van der Waals surface area contributed by atoms with E-state index in [1.165, 1.54) is 0 Å². The van der Waals surface area contributed by atoms with Crippen LogP contribution in [0.15, 0.2) is 9.98 Å². The van der Waals surface area contributed by atoms with Crippen molar-refractivity contribution in [2.45, 2.75) is 45.7 Å². The number of aliphatic imine (C=N–C) groups is 2. The van der Waals surface area contributed by atoms with E-state index in [1.807, 2.05) is 20.8 Å². The van der Waals surface area contributed by atoms with Gasteiger partial charge in [-0.2, -0.15) is 0 Å². The van der Waals surface area contributed by atoms with Crippen LogP contribution in [0.5, 0.6) is 0 Å². The van der Waals surface area contributed by atoms with Crippen LogP contribution >= 0.6 is 0 Å². The Balaban J connectivity index is 2.87. The van der Waals surface area contributed by atoms with Gasteiger partial charge in [0.2, 0.25) is 12.2 Å². The molecule has 0 aromatic rings. The van der Waals surface area contributed by atoms with E-state index in [-0.39, 0.29) is 23.4 Å². The fourth-order valence-electron chi connectivity index (χ4n) is 2.24. The topological polar surface area (TPSA) is 58.9 Å². The molecule has 1 saturated carbocycles. The molecule has 0 saturated heterocycles. The van der Waals surface area contributed by atoms with Crippen molar-refractivity contribution in [1.82, 2.24) is 0 Å². The summed E-state index contributed by atoms with van der Waals surface area (Å²) in [7, 11) is 0. The van der Waals surface area contributed by atoms with Gasteiger partial charge in [-0.3, -0.25) is 0 Å². The van der Waals surface area contributed by atoms with Crippen LogP contribution in [0.2, 0.25) is 0 Å². The number of rotatable bonds is 2. The molecule has 0 radical (unpaired) electrons. The van der Waals surface area contributed by atoms with Crippen molar-refractivity contribution in [2.75, 3.05) is 0 Å². The maximum atomic E-state index is 10.3. The van der Waals surface area contributed by atoms with Gasteiger partial charge < -0.3 is 0 Å². The first-order chi connectivity index (χ1) is 7.01. The van der Waals surface area contributed by atoms with Crippen LogP contribution in [-0.2, 0) is 9.59 Å². The fraction of sp³-hybridized carbons (Fsp3) is 0.818. The number of nitrogens with zero attached hydrogens (tertiary/aromatic N) is 2. The third-order valence-electron chi connectivity index (χ3n) is 3.32. The molecule has 1 aliphatic rings. The maximum Gasteiger partial charge on any atom is 0.235 e. The summed E-state index contributed by atoms with van der Waals surface area (Å²) in [5.41, 5.74) is -0.102. The summed E-state index contributed by atoms with van der Waals surface area (Å²) >= 11 is 0. The van der Waals surface area contributed by atoms with Crippen LogP contribution in [0.4, 0.5) is 0 Å². The van der Waals surface area contributed by atoms with Crippen molar-refractivity contribution in [2.24, 2.45) is 21.3 Å². The normalized spacial score (nSPS) is 33.7. The van der Waals surface area contributed by atoms with Crippen LogP contribution < -0.4 is 0 Å². The molecule has 0 amide bonds. The molecule has 1 fully saturated rings. The smallest absolute Gasteiger partial charge is 0.211 e. The Morgan fingerprint density at radius 3 is 2.33 bits per heavy atom. The predicted molar refractivity (Wildman–Crippen MR) is 56.0 cm³/mol.